The number of carbonyl (C=O) groups is 2. The molecular weight excluding hydrogens is 244 g/mol. The number of hydrogen-bond donors (Lipinski definition) is 2. The summed E-state index contributed by atoms with van der Waals surface area (Å²) in [6.07, 6.45) is 4.87. The lowest BCUT2D eigenvalue weighted by atomic mass is 9.94. The lowest BCUT2D eigenvalue weighted by Gasteiger charge is -2.21. The maximum atomic E-state index is 11.7. The van der Waals surface area contributed by atoms with Crippen molar-refractivity contribution >= 4 is 11.9 Å². The van der Waals surface area contributed by atoms with Crippen LogP contribution < -0.4 is 10.6 Å². The second kappa shape index (κ2) is 9.78. The van der Waals surface area contributed by atoms with E-state index in [-0.39, 0.29) is 11.9 Å². The summed E-state index contributed by atoms with van der Waals surface area (Å²) in [5, 5.41) is 6.22. The highest BCUT2D eigenvalue weighted by atomic mass is 16.5. The van der Waals surface area contributed by atoms with Gasteiger partial charge in [-0.3, -0.25) is 9.59 Å². The Morgan fingerprint density at radius 1 is 1.26 bits per heavy atom. The van der Waals surface area contributed by atoms with Gasteiger partial charge in [-0.05, 0) is 51.6 Å². The third-order valence-electron chi connectivity index (χ3n) is 3.37. The zero-order valence-electron chi connectivity index (χ0n) is 11.9. The van der Waals surface area contributed by atoms with Gasteiger partial charge in [0, 0.05) is 19.4 Å². The molecular formula is C14H26N2O3. The molecule has 0 radical (unpaired) electrons. The zero-order valence-corrected chi connectivity index (χ0v) is 11.9. The van der Waals surface area contributed by atoms with Crippen LogP contribution in [0.5, 0.6) is 0 Å². The average molecular weight is 270 g/mol. The van der Waals surface area contributed by atoms with Gasteiger partial charge in [0.15, 0.2) is 0 Å². The zero-order chi connectivity index (χ0) is 13.9. The van der Waals surface area contributed by atoms with Crippen molar-refractivity contribution in [2.24, 2.45) is 5.92 Å². The van der Waals surface area contributed by atoms with E-state index in [1.807, 2.05) is 0 Å². The predicted molar refractivity (Wildman–Crippen MR) is 73.7 cm³/mol. The number of piperidine rings is 1. The third-order valence-corrected chi connectivity index (χ3v) is 3.37. The number of rotatable bonds is 8. The van der Waals surface area contributed by atoms with Crippen LogP contribution in [0.2, 0.25) is 0 Å². The molecule has 1 saturated heterocycles. The van der Waals surface area contributed by atoms with Gasteiger partial charge in [0.05, 0.1) is 6.61 Å². The minimum atomic E-state index is -0.150. The summed E-state index contributed by atoms with van der Waals surface area (Å²) in [4.78, 5) is 22.8. The average Bonchev–Trinajstić information content (AvgIpc) is 2.40. The molecule has 110 valence electrons. The van der Waals surface area contributed by atoms with E-state index in [1.54, 1.807) is 6.92 Å². The predicted octanol–water partition coefficient (Wildman–Crippen LogP) is 1.23. The molecule has 0 aromatic rings. The van der Waals surface area contributed by atoms with Gasteiger partial charge >= 0.3 is 5.97 Å². The minimum Gasteiger partial charge on any atom is -0.466 e. The minimum absolute atomic E-state index is 0.142. The molecule has 1 heterocycles. The maximum absolute atomic E-state index is 11.7. The summed E-state index contributed by atoms with van der Waals surface area (Å²) < 4.78 is 4.84. The smallest absolute Gasteiger partial charge is 0.305 e. The van der Waals surface area contributed by atoms with Gasteiger partial charge in [-0.15, -0.1) is 0 Å². The lowest BCUT2D eigenvalue weighted by molar-refractivity contribution is -0.143. The first-order chi connectivity index (χ1) is 9.22. The molecule has 0 aromatic carbocycles. The Kier molecular flexibility index (Phi) is 8.21. The normalized spacial score (nSPS) is 16.1. The van der Waals surface area contributed by atoms with E-state index in [0.29, 0.717) is 31.9 Å². The summed E-state index contributed by atoms with van der Waals surface area (Å²) in [6.45, 7) is 4.95. The molecule has 1 aliphatic heterocycles. The van der Waals surface area contributed by atoms with Crippen molar-refractivity contribution in [1.29, 1.82) is 0 Å². The molecule has 1 rings (SSSR count). The molecule has 0 unspecified atom stereocenters. The summed E-state index contributed by atoms with van der Waals surface area (Å²) in [7, 11) is 0. The second-order valence-electron chi connectivity index (χ2n) is 5.01. The van der Waals surface area contributed by atoms with Gasteiger partial charge < -0.3 is 15.4 Å². The van der Waals surface area contributed by atoms with E-state index in [2.05, 4.69) is 10.6 Å². The molecule has 5 heteroatoms. The van der Waals surface area contributed by atoms with Crippen molar-refractivity contribution in [2.75, 3.05) is 26.2 Å². The molecule has 0 saturated carbocycles. The fourth-order valence-corrected chi connectivity index (χ4v) is 2.28. The van der Waals surface area contributed by atoms with Gasteiger partial charge in [-0.1, -0.05) is 0 Å². The molecule has 0 aromatic heterocycles. The Bertz CT molecular complexity index is 276. The van der Waals surface area contributed by atoms with Crippen molar-refractivity contribution in [3.05, 3.63) is 0 Å². The van der Waals surface area contributed by atoms with Crippen LogP contribution >= 0.6 is 0 Å². The van der Waals surface area contributed by atoms with Crippen LogP contribution in [0.3, 0.4) is 0 Å². The molecule has 0 atom stereocenters. The van der Waals surface area contributed by atoms with Crippen LogP contribution in [-0.4, -0.2) is 38.1 Å². The van der Waals surface area contributed by atoms with E-state index in [4.69, 9.17) is 4.74 Å². The molecule has 2 N–H and O–H groups in total. The Morgan fingerprint density at radius 2 is 2.00 bits per heavy atom. The first kappa shape index (κ1) is 16.0. The van der Waals surface area contributed by atoms with Crippen LogP contribution in [0.25, 0.3) is 0 Å². The quantitative estimate of drug-likeness (QED) is 0.514. The fraction of sp³-hybridized carbons (Fsp3) is 0.857. The monoisotopic (exact) mass is 270 g/mol. The van der Waals surface area contributed by atoms with E-state index in [1.165, 1.54) is 0 Å². The van der Waals surface area contributed by atoms with Crippen LogP contribution in [0.1, 0.15) is 45.4 Å². The van der Waals surface area contributed by atoms with E-state index in [9.17, 15) is 9.59 Å². The molecule has 1 aliphatic rings. The van der Waals surface area contributed by atoms with Gasteiger partial charge in [0.1, 0.15) is 0 Å². The molecule has 5 nitrogen and oxygen atoms in total. The molecule has 19 heavy (non-hydrogen) atoms. The van der Waals surface area contributed by atoms with Crippen molar-refractivity contribution in [3.8, 4) is 0 Å². The number of amides is 1. The Labute approximate surface area is 115 Å². The number of nitrogens with one attached hydrogen (secondary N) is 2. The Hall–Kier alpha value is -1.10. The van der Waals surface area contributed by atoms with Crippen molar-refractivity contribution < 1.29 is 14.3 Å². The van der Waals surface area contributed by atoms with Crippen LogP contribution in [0.15, 0.2) is 0 Å². The van der Waals surface area contributed by atoms with Gasteiger partial charge in [0.2, 0.25) is 5.91 Å². The summed E-state index contributed by atoms with van der Waals surface area (Å²) >= 11 is 0. The second-order valence-corrected chi connectivity index (χ2v) is 5.01. The van der Waals surface area contributed by atoms with Crippen molar-refractivity contribution in [3.63, 3.8) is 0 Å². The van der Waals surface area contributed by atoms with Crippen LogP contribution in [-0.2, 0) is 14.3 Å². The Morgan fingerprint density at radius 3 is 2.68 bits per heavy atom. The van der Waals surface area contributed by atoms with Crippen LogP contribution in [0.4, 0.5) is 0 Å². The SMILES string of the molecule is CCOC(=O)CCCCNC(=O)CC1CCNCC1. The molecule has 0 bridgehead atoms. The van der Waals surface area contributed by atoms with Gasteiger partial charge in [-0.2, -0.15) is 0 Å². The van der Waals surface area contributed by atoms with Gasteiger partial charge in [0.25, 0.3) is 0 Å². The third kappa shape index (κ3) is 7.82. The number of ether oxygens (including phenoxy) is 1. The van der Waals surface area contributed by atoms with E-state index >= 15 is 0 Å². The first-order valence-electron chi connectivity index (χ1n) is 7.35. The highest BCUT2D eigenvalue weighted by Crippen LogP contribution is 2.15. The molecule has 0 aliphatic carbocycles. The highest BCUT2D eigenvalue weighted by molar-refractivity contribution is 5.76. The van der Waals surface area contributed by atoms with Crippen LogP contribution in [0, 0.1) is 5.92 Å². The highest BCUT2D eigenvalue weighted by Gasteiger charge is 2.16. The standard InChI is InChI=1S/C14H26N2O3/c1-2-19-14(18)5-3-4-8-16-13(17)11-12-6-9-15-10-7-12/h12,15H,2-11H2,1H3,(H,16,17). The van der Waals surface area contributed by atoms with Crippen molar-refractivity contribution in [2.45, 2.75) is 45.4 Å². The van der Waals surface area contributed by atoms with E-state index in [0.717, 1.165) is 38.8 Å². The topological polar surface area (TPSA) is 67.4 Å². The van der Waals surface area contributed by atoms with E-state index < -0.39 is 0 Å². The number of unbranched alkanes of at least 4 members (excludes halogenated alkanes) is 1. The van der Waals surface area contributed by atoms with Gasteiger partial charge in [-0.25, -0.2) is 0 Å². The largest absolute Gasteiger partial charge is 0.466 e. The summed E-state index contributed by atoms with van der Waals surface area (Å²) in [5.74, 6) is 0.521. The fourth-order valence-electron chi connectivity index (χ4n) is 2.28. The Balaban J connectivity index is 1.96. The molecule has 1 amide bonds. The number of hydrogen-bond acceptors (Lipinski definition) is 4. The first-order valence-corrected chi connectivity index (χ1v) is 7.35. The number of carbonyl (C=O) groups excluding carboxylic acids is 2. The summed E-state index contributed by atoms with van der Waals surface area (Å²) in [6, 6.07) is 0. The van der Waals surface area contributed by atoms with Crippen molar-refractivity contribution in [1.82, 2.24) is 10.6 Å². The lowest BCUT2D eigenvalue weighted by Crippen LogP contribution is -2.32. The number of esters is 1. The summed E-state index contributed by atoms with van der Waals surface area (Å²) in [5.41, 5.74) is 0. The molecule has 0 spiro atoms. The maximum Gasteiger partial charge on any atom is 0.305 e. The molecule has 1 fully saturated rings.